The quantitative estimate of drug-likeness (QED) is 0.0732. The van der Waals surface area contributed by atoms with Gasteiger partial charge < -0.3 is 14.2 Å². The Kier molecular flexibility index (Phi) is 9.23. The number of Topliss-reactive ketones (excluding diaryl/α,β-unsaturated/α-hetero) is 1. The summed E-state index contributed by atoms with van der Waals surface area (Å²) in [5.74, 6) is -3.67. The molecule has 0 spiro atoms. The first-order valence-electron chi connectivity index (χ1n) is 11.5. The summed E-state index contributed by atoms with van der Waals surface area (Å²) < 4.78 is 23.0. The van der Waals surface area contributed by atoms with Crippen LogP contribution in [0.1, 0.15) is 51.7 Å². The predicted molar refractivity (Wildman–Crippen MR) is 149 cm³/mol. The summed E-state index contributed by atoms with van der Waals surface area (Å²) in [4.78, 5) is 62.3. The Morgan fingerprint density at radius 2 is 1.95 bits per heavy atom. The molecule has 1 aromatic heterocycles. The van der Waals surface area contributed by atoms with Crippen LogP contribution in [0.25, 0.3) is 0 Å². The van der Waals surface area contributed by atoms with Crippen molar-refractivity contribution in [3.05, 3.63) is 27.4 Å². The van der Waals surface area contributed by atoms with Gasteiger partial charge in [0.15, 0.2) is 11.5 Å². The molecule has 3 heterocycles. The first kappa shape index (κ1) is 30.4. The van der Waals surface area contributed by atoms with Crippen LogP contribution >= 0.6 is 33.9 Å². The smallest absolute Gasteiger partial charge is 0.378 e. The third-order valence-corrected chi connectivity index (χ3v) is 8.97. The van der Waals surface area contributed by atoms with E-state index in [1.165, 1.54) is 25.2 Å². The fourth-order valence-electron chi connectivity index (χ4n) is 3.75. The third-order valence-electron chi connectivity index (χ3n) is 5.56. The molecule has 1 amide bonds. The molecule has 0 bridgehead atoms. The van der Waals surface area contributed by atoms with Gasteiger partial charge in [0.25, 0.3) is 0 Å². The van der Waals surface area contributed by atoms with Crippen LogP contribution < -0.4 is 0 Å². The Hall–Kier alpha value is -2.14. The van der Waals surface area contributed by atoms with Crippen LogP contribution in [0.15, 0.2) is 21.8 Å². The lowest BCUT2D eigenvalue weighted by atomic mass is 9.89. The number of aromatic nitrogens is 1. The number of ether oxygens (including phenoxy) is 1. The number of esters is 1. The molecule has 2 aliphatic heterocycles. The van der Waals surface area contributed by atoms with Gasteiger partial charge in [-0.3, -0.25) is 18.7 Å². The lowest BCUT2D eigenvalue weighted by molar-refractivity contribution is -0.179. The number of amides is 1. The molecule has 0 aliphatic carbocycles. The molecule has 1 fully saturated rings. The Morgan fingerprint density at radius 1 is 1.29 bits per heavy atom. The van der Waals surface area contributed by atoms with Crippen LogP contribution in [-0.2, 0) is 44.2 Å². The van der Waals surface area contributed by atoms with E-state index in [1.54, 1.807) is 33.1 Å². The number of carbonyl (C=O) groups excluding carboxylic acids is 4. The summed E-state index contributed by atoms with van der Waals surface area (Å²) in [6.07, 6.45) is -0.359. The summed E-state index contributed by atoms with van der Waals surface area (Å²) in [5, 5.41) is 5.35. The monoisotopic (exact) mass is 675 g/mol. The maximum atomic E-state index is 13.4. The van der Waals surface area contributed by atoms with Gasteiger partial charge in [-0.15, -0.1) is 11.3 Å². The molecule has 1 saturated heterocycles. The first-order chi connectivity index (χ1) is 17.6. The minimum absolute atomic E-state index is 0.0355. The highest BCUT2D eigenvalue weighted by atomic mass is 127. The van der Waals surface area contributed by atoms with Crippen molar-refractivity contribution in [1.82, 2.24) is 9.88 Å². The van der Waals surface area contributed by atoms with Crippen molar-refractivity contribution in [2.45, 2.75) is 64.5 Å². The van der Waals surface area contributed by atoms with Crippen LogP contribution in [0.2, 0.25) is 0 Å². The minimum atomic E-state index is -1.56. The van der Waals surface area contributed by atoms with E-state index in [4.69, 9.17) is 17.6 Å². The van der Waals surface area contributed by atoms with Crippen molar-refractivity contribution in [3.8, 4) is 0 Å². The SMILES string of the molecule is [B]OC(=O)C1=C(CI)CS(=O)[C@@H]2[C@H](CC(=O)/C(=N/OC(C)(C)C(=O)OC(C)(C)C)c3csc(C)n3)C(=O)N12. The van der Waals surface area contributed by atoms with Gasteiger partial charge in [0.1, 0.15) is 22.4 Å². The summed E-state index contributed by atoms with van der Waals surface area (Å²) in [5.41, 5.74) is -1.83. The number of β-lactam (4-membered cyclic amide) rings is 1. The van der Waals surface area contributed by atoms with E-state index in [9.17, 15) is 23.4 Å². The van der Waals surface area contributed by atoms with E-state index in [-0.39, 0.29) is 29.3 Å². The molecule has 2 aliphatic rings. The number of nitrogens with zero attached hydrogens (tertiary/aromatic N) is 3. The molecule has 3 rings (SSSR count). The molecule has 0 saturated carbocycles. The molecule has 15 heteroatoms. The Labute approximate surface area is 241 Å². The number of ketones is 1. The van der Waals surface area contributed by atoms with Gasteiger partial charge in [-0.05, 0) is 47.1 Å². The average Bonchev–Trinajstić information content (AvgIpc) is 3.25. The van der Waals surface area contributed by atoms with Crippen molar-refractivity contribution in [1.29, 1.82) is 0 Å². The highest BCUT2D eigenvalue weighted by molar-refractivity contribution is 14.1. The molecule has 1 unspecified atom stereocenters. The van der Waals surface area contributed by atoms with E-state index in [0.29, 0.717) is 15.0 Å². The summed E-state index contributed by atoms with van der Waals surface area (Å²) in [6.45, 7) is 9.78. The number of rotatable bonds is 9. The van der Waals surface area contributed by atoms with E-state index in [2.05, 4.69) is 14.8 Å². The van der Waals surface area contributed by atoms with Crippen molar-refractivity contribution < 1.29 is 37.6 Å². The molecule has 11 nitrogen and oxygen atoms in total. The molecule has 204 valence electrons. The third kappa shape index (κ3) is 6.36. The van der Waals surface area contributed by atoms with E-state index in [1.807, 2.05) is 22.6 Å². The zero-order chi connectivity index (χ0) is 28.6. The number of aryl methyl sites for hydroxylation is 1. The second-order valence-electron chi connectivity index (χ2n) is 10.1. The van der Waals surface area contributed by atoms with Gasteiger partial charge in [0.05, 0.1) is 10.9 Å². The summed E-state index contributed by atoms with van der Waals surface area (Å²) >= 11 is 3.28. The van der Waals surface area contributed by atoms with Gasteiger partial charge in [0, 0.05) is 32.8 Å². The first-order valence-corrected chi connectivity index (χ1v) is 15.2. The molecule has 0 N–H and O–H groups in total. The number of oxime groups is 1. The van der Waals surface area contributed by atoms with Crippen molar-refractivity contribution in [2.75, 3.05) is 10.2 Å². The van der Waals surface area contributed by atoms with Gasteiger partial charge in [-0.25, -0.2) is 14.6 Å². The Morgan fingerprint density at radius 3 is 2.47 bits per heavy atom. The van der Waals surface area contributed by atoms with Crippen molar-refractivity contribution in [3.63, 3.8) is 0 Å². The maximum Gasteiger partial charge on any atom is 0.378 e. The Bertz CT molecular complexity index is 1250. The van der Waals surface area contributed by atoms with Crippen LogP contribution in [0.5, 0.6) is 0 Å². The Balaban J connectivity index is 1.87. The minimum Gasteiger partial charge on any atom is -0.539 e. The van der Waals surface area contributed by atoms with E-state index >= 15 is 0 Å². The summed E-state index contributed by atoms with van der Waals surface area (Å²) in [7, 11) is 3.50. The van der Waals surface area contributed by atoms with Crippen molar-refractivity contribution >= 4 is 82.1 Å². The van der Waals surface area contributed by atoms with E-state index in [0.717, 1.165) is 4.90 Å². The zero-order valence-electron chi connectivity index (χ0n) is 21.7. The standard InChI is InChI=1S/C23H27BIN3O8S2/c1-11-26-14(9-37-11)16(27-36-23(5,6)21(32)34-22(2,3)4)15(29)7-13-18(30)28-17(20(31)35-24)12(8-25)10-38(33)19(13)28/h9,13,19H,7-8,10H2,1-6H3/b27-16+/t13-,19-,38?/m1/s1. The number of hydrogen-bond donors (Lipinski definition) is 0. The highest BCUT2D eigenvalue weighted by Crippen LogP contribution is 2.41. The molecule has 38 heavy (non-hydrogen) atoms. The topological polar surface area (TPSA) is 142 Å². The molecular formula is C23H27BIN3O8S2. The normalized spacial score (nSPS) is 22.0. The van der Waals surface area contributed by atoms with Gasteiger partial charge in [0.2, 0.25) is 11.5 Å². The second-order valence-corrected chi connectivity index (χ2v) is 13.5. The molecule has 3 atom stereocenters. The van der Waals surface area contributed by atoms with Crippen LogP contribution in [0.4, 0.5) is 0 Å². The van der Waals surface area contributed by atoms with Gasteiger partial charge >= 0.3 is 20.0 Å². The van der Waals surface area contributed by atoms with E-state index < -0.39 is 56.9 Å². The number of alkyl halides is 1. The number of halogens is 1. The van der Waals surface area contributed by atoms with Crippen LogP contribution in [0.3, 0.4) is 0 Å². The number of thiazole rings is 1. The van der Waals surface area contributed by atoms with Crippen molar-refractivity contribution in [2.24, 2.45) is 11.1 Å². The molecule has 1 aromatic rings. The number of fused-ring (bicyclic) bond motifs is 1. The maximum absolute atomic E-state index is 13.4. The number of hydrogen-bond acceptors (Lipinski definition) is 11. The highest BCUT2D eigenvalue weighted by Gasteiger charge is 2.57. The van der Waals surface area contributed by atoms with Crippen LogP contribution in [-0.4, -0.2) is 78.2 Å². The summed E-state index contributed by atoms with van der Waals surface area (Å²) in [6, 6.07) is 0. The molecular weight excluding hydrogens is 648 g/mol. The largest absolute Gasteiger partial charge is 0.539 e. The lowest BCUT2D eigenvalue weighted by Crippen LogP contribution is -2.66. The number of carbonyl (C=O) groups is 4. The fraction of sp³-hybridized carbons (Fsp3) is 0.565. The average molecular weight is 675 g/mol. The van der Waals surface area contributed by atoms with Crippen LogP contribution in [0, 0.1) is 12.8 Å². The molecule has 0 aromatic carbocycles. The zero-order valence-corrected chi connectivity index (χ0v) is 25.5. The predicted octanol–water partition coefficient (Wildman–Crippen LogP) is 2.11. The fourth-order valence-corrected chi connectivity index (χ4v) is 7.12. The lowest BCUT2D eigenvalue weighted by Gasteiger charge is -2.49. The van der Waals surface area contributed by atoms with Gasteiger partial charge in [-0.2, -0.15) is 0 Å². The second kappa shape index (κ2) is 11.5. The van der Waals surface area contributed by atoms with Gasteiger partial charge in [-0.1, -0.05) is 27.7 Å². The molecule has 2 radical (unpaired) electrons.